The molecule has 0 bridgehead atoms. The number of fused-ring (bicyclic) bond motifs is 1. The van der Waals surface area contributed by atoms with E-state index in [-0.39, 0.29) is 10.6 Å². The number of alkyl halides is 1. The van der Waals surface area contributed by atoms with Gasteiger partial charge in [0.15, 0.2) is 5.78 Å². The first-order valence-electron chi connectivity index (χ1n) is 4.57. The lowest BCUT2D eigenvalue weighted by molar-refractivity contribution is 0.0981. The standard InChI is InChI=1S/C11H11BrO2/c1-14-8-3-4-9-7(6-8)2-5-10(12)11(9)13/h3-4,6,10H,2,5H2,1H3. The topological polar surface area (TPSA) is 26.3 Å². The Balaban J connectivity index is 2.44. The van der Waals surface area contributed by atoms with E-state index >= 15 is 0 Å². The Labute approximate surface area is 91.4 Å². The van der Waals surface area contributed by atoms with E-state index in [4.69, 9.17) is 4.74 Å². The van der Waals surface area contributed by atoms with Gasteiger partial charge in [0.2, 0.25) is 0 Å². The quantitative estimate of drug-likeness (QED) is 0.721. The first-order valence-corrected chi connectivity index (χ1v) is 5.49. The largest absolute Gasteiger partial charge is 0.497 e. The summed E-state index contributed by atoms with van der Waals surface area (Å²) >= 11 is 3.38. The van der Waals surface area contributed by atoms with Crippen molar-refractivity contribution in [3.63, 3.8) is 0 Å². The van der Waals surface area contributed by atoms with Crippen LogP contribution in [0.2, 0.25) is 0 Å². The van der Waals surface area contributed by atoms with E-state index in [9.17, 15) is 4.79 Å². The molecule has 1 aliphatic rings. The molecule has 0 aliphatic heterocycles. The third kappa shape index (κ3) is 1.57. The maximum Gasteiger partial charge on any atom is 0.176 e. The van der Waals surface area contributed by atoms with Crippen LogP contribution >= 0.6 is 15.9 Å². The molecule has 0 spiro atoms. The molecule has 1 atom stereocenters. The van der Waals surface area contributed by atoms with Gasteiger partial charge in [-0.1, -0.05) is 15.9 Å². The maximum absolute atomic E-state index is 11.7. The molecule has 0 radical (unpaired) electrons. The minimum absolute atomic E-state index is 0.0107. The van der Waals surface area contributed by atoms with Gasteiger partial charge in [-0.2, -0.15) is 0 Å². The summed E-state index contributed by atoms with van der Waals surface area (Å²) in [5.41, 5.74) is 1.93. The molecule has 0 aromatic heterocycles. The third-order valence-corrected chi connectivity index (χ3v) is 3.40. The monoisotopic (exact) mass is 254 g/mol. The van der Waals surface area contributed by atoms with Crippen LogP contribution in [0.3, 0.4) is 0 Å². The van der Waals surface area contributed by atoms with E-state index in [1.807, 2.05) is 18.2 Å². The molecule has 0 N–H and O–H groups in total. The van der Waals surface area contributed by atoms with Gasteiger partial charge >= 0.3 is 0 Å². The number of hydrogen-bond acceptors (Lipinski definition) is 2. The molecule has 0 saturated carbocycles. The Hall–Kier alpha value is -0.830. The van der Waals surface area contributed by atoms with Crippen LogP contribution in [0.4, 0.5) is 0 Å². The second-order valence-corrected chi connectivity index (χ2v) is 4.50. The average molecular weight is 255 g/mol. The molecule has 3 heteroatoms. The SMILES string of the molecule is COc1ccc2c(c1)CCC(Br)C2=O. The lowest BCUT2D eigenvalue weighted by Crippen LogP contribution is -2.22. The summed E-state index contributed by atoms with van der Waals surface area (Å²) in [6, 6.07) is 5.64. The van der Waals surface area contributed by atoms with Crippen LogP contribution in [0.15, 0.2) is 18.2 Å². The number of ether oxygens (including phenoxy) is 1. The van der Waals surface area contributed by atoms with Gasteiger partial charge in [0.05, 0.1) is 11.9 Å². The molecule has 1 aromatic carbocycles. The number of methoxy groups -OCH3 is 1. The Morgan fingerprint density at radius 2 is 2.29 bits per heavy atom. The molecule has 74 valence electrons. The first kappa shape index (κ1) is 9.71. The molecule has 2 rings (SSSR count). The molecule has 0 amide bonds. The summed E-state index contributed by atoms with van der Waals surface area (Å²) in [6.07, 6.45) is 1.81. The summed E-state index contributed by atoms with van der Waals surface area (Å²) < 4.78 is 5.12. The highest BCUT2D eigenvalue weighted by Gasteiger charge is 2.25. The Morgan fingerprint density at radius 1 is 1.50 bits per heavy atom. The van der Waals surface area contributed by atoms with Crippen molar-refractivity contribution in [2.24, 2.45) is 0 Å². The summed E-state index contributed by atoms with van der Waals surface area (Å²) in [5.74, 6) is 1.01. The normalized spacial score (nSPS) is 20.4. The van der Waals surface area contributed by atoms with E-state index < -0.39 is 0 Å². The van der Waals surface area contributed by atoms with Crippen LogP contribution in [0.5, 0.6) is 5.75 Å². The number of benzene rings is 1. The fourth-order valence-corrected chi connectivity index (χ4v) is 2.20. The van der Waals surface area contributed by atoms with Gasteiger partial charge in [-0.3, -0.25) is 4.79 Å². The summed E-state index contributed by atoms with van der Waals surface area (Å²) in [5, 5.41) is 0. The smallest absolute Gasteiger partial charge is 0.176 e. The van der Waals surface area contributed by atoms with Crippen LogP contribution in [0, 0.1) is 0 Å². The van der Waals surface area contributed by atoms with Crippen molar-refractivity contribution < 1.29 is 9.53 Å². The van der Waals surface area contributed by atoms with E-state index in [1.165, 1.54) is 0 Å². The maximum atomic E-state index is 11.7. The number of rotatable bonds is 1. The summed E-state index contributed by atoms with van der Waals surface area (Å²) in [7, 11) is 1.64. The summed E-state index contributed by atoms with van der Waals surface area (Å²) in [6.45, 7) is 0. The summed E-state index contributed by atoms with van der Waals surface area (Å²) in [4.78, 5) is 11.7. The zero-order valence-corrected chi connectivity index (χ0v) is 9.50. The molecule has 14 heavy (non-hydrogen) atoms. The zero-order valence-electron chi connectivity index (χ0n) is 7.92. The second-order valence-electron chi connectivity index (χ2n) is 3.39. The molecule has 0 heterocycles. The van der Waals surface area contributed by atoms with Crippen molar-refractivity contribution in [3.05, 3.63) is 29.3 Å². The van der Waals surface area contributed by atoms with Gasteiger partial charge in [-0.05, 0) is 36.6 Å². The molecule has 1 unspecified atom stereocenters. The van der Waals surface area contributed by atoms with Gasteiger partial charge in [-0.25, -0.2) is 0 Å². The van der Waals surface area contributed by atoms with Crippen molar-refractivity contribution >= 4 is 21.7 Å². The van der Waals surface area contributed by atoms with Crippen LogP contribution in [-0.4, -0.2) is 17.7 Å². The lowest BCUT2D eigenvalue weighted by Gasteiger charge is -2.19. The van der Waals surface area contributed by atoms with Gasteiger partial charge in [0, 0.05) is 5.56 Å². The minimum atomic E-state index is -0.0107. The number of aryl methyl sites for hydroxylation is 1. The Morgan fingerprint density at radius 3 is 3.00 bits per heavy atom. The molecule has 1 aromatic rings. The van der Waals surface area contributed by atoms with Gasteiger partial charge in [0.1, 0.15) is 5.75 Å². The van der Waals surface area contributed by atoms with Gasteiger partial charge in [0.25, 0.3) is 0 Å². The van der Waals surface area contributed by atoms with Crippen LogP contribution in [0.1, 0.15) is 22.3 Å². The first-order chi connectivity index (χ1) is 6.72. The molecule has 2 nitrogen and oxygen atoms in total. The van der Waals surface area contributed by atoms with E-state index in [0.717, 1.165) is 29.7 Å². The molecule has 1 aliphatic carbocycles. The lowest BCUT2D eigenvalue weighted by atomic mass is 9.90. The highest BCUT2D eigenvalue weighted by atomic mass is 79.9. The molecule has 0 fully saturated rings. The van der Waals surface area contributed by atoms with Crippen molar-refractivity contribution in [1.82, 2.24) is 0 Å². The highest BCUT2D eigenvalue weighted by Crippen LogP contribution is 2.28. The predicted octanol–water partition coefficient (Wildman–Crippen LogP) is 2.59. The molecule has 0 saturated heterocycles. The number of carbonyl (C=O) groups is 1. The number of carbonyl (C=O) groups excluding carboxylic acids is 1. The van der Waals surface area contributed by atoms with E-state index in [1.54, 1.807) is 7.11 Å². The van der Waals surface area contributed by atoms with E-state index in [2.05, 4.69) is 15.9 Å². The van der Waals surface area contributed by atoms with Gasteiger partial charge < -0.3 is 4.74 Å². The number of halogens is 1. The highest BCUT2D eigenvalue weighted by molar-refractivity contribution is 9.10. The minimum Gasteiger partial charge on any atom is -0.497 e. The second kappa shape index (κ2) is 3.73. The Bertz CT molecular complexity index is 374. The zero-order chi connectivity index (χ0) is 10.1. The van der Waals surface area contributed by atoms with Crippen LogP contribution < -0.4 is 4.74 Å². The van der Waals surface area contributed by atoms with Crippen LogP contribution in [0.25, 0.3) is 0 Å². The van der Waals surface area contributed by atoms with Crippen molar-refractivity contribution in [1.29, 1.82) is 0 Å². The third-order valence-electron chi connectivity index (χ3n) is 2.53. The predicted molar refractivity (Wildman–Crippen MR) is 58.4 cm³/mol. The molecular weight excluding hydrogens is 244 g/mol. The Kier molecular flexibility index (Phi) is 2.59. The number of ketones is 1. The number of hydrogen-bond donors (Lipinski definition) is 0. The number of Topliss-reactive ketones (excluding diaryl/α,β-unsaturated/α-hetero) is 1. The van der Waals surface area contributed by atoms with E-state index in [0.29, 0.717) is 0 Å². The average Bonchev–Trinajstić information content (AvgIpc) is 2.23. The van der Waals surface area contributed by atoms with Gasteiger partial charge in [-0.15, -0.1) is 0 Å². The van der Waals surface area contributed by atoms with Crippen LogP contribution in [-0.2, 0) is 6.42 Å². The molecular formula is C11H11BrO2. The van der Waals surface area contributed by atoms with Crippen molar-refractivity contribution in [3.8, 4) is 5.75 Å². The fraction of sp³-hybridized carbons (Fsp3) is 0.364. The fourth-order valence-electron chi connectivity index (χ4n) is 1.73. The van der Waals surface area contributed by atoms with Crippen molar-refractivity contribution in [2.45, 2.75) is 17.7 Å². The van der Waals surface area contributed by atoms with Crippen molar-refractivity contribution in [2.75, 3.05) is 7.11 Å².